The molecule has 1 heterocycles. The highest BCUT2D eigenvalue weighted by atomic mass is 79.9. The van der Waals surface area contributed by atoms with E-state index >= 15 is 0 Å². The van der Waals surface area contributed by atoms with Crippen LogP contribution in [0, 0.1) is 0 Å². The first kappa shape index (κ1) is 14.2. The van der Waals surface area contributed by atoms with Gasteiger partial charge in [0.15, 0.2) is 0 Å². The van der Waals surface area contributed by atoms with Gasteiger partial charge in [0.2, 0.25) is 0 Å². The molecule has 0 fully saturated rings. The van der Waals surface area contributed by atoms with Crippen LogP contribution in [0.2, 0.25) is 6.55 Å². The second-order valence-corrected chi connectivity index (χ2v) is 8.25. The summed E-state index contributed by atoms with van der Waals surface area (Å²) < 4.78 is 1.08. The highest BCUT2D eigenvalue weighted by Gasteiger charge is 2.11. The van der Waals surface area contributed by atoms with Crippen LogP contribution in [-0.2, 0) is 0 Å². The summed E-state index contributed by atoms with van der Waals surface area (Å²) in [5.74, 6) is 0. The molecule has 103 valence electrons. The summed E-state index contributed by atoms with van der Waals surface area (Å²) in [6.45, 7) is 2.32. The Bertz CT molecular complexity index is 726. The van der Waals surface area contributed by atoms with Gasteiger partial charge in [0.05, 0.1) is 5.69 Å². The van der Waals surface area contributed by atoms with Crippen LogP contribution in [0.25, 0.3) is 11.3 Å². The molecule has 0 bridgehead atoms. The van der Waals surface area contributed by atoms with E-state index in [1.54, 1.807) is 0 Å². The van der Waals surface area contributed by atoms with Gasteiger partial charge in [-0.3, -0.25) is 4.98 Å². The quantitative estimate of drug-likeness (QED) is 0.654. The summed E-state index contributed by atoms with van der Waals surface area (Å²) in [6.07, 6.45) is 2.03. The number of rotatable bonds is 3. The maximum absolute atomic E-state index is 4.64. The molecule has 0 unspecified atom stereocenters. The highest BCUT2D eigenvalue weighted by Crippen LogP contribution is 2.20. The maximum Gasteiger partial charge on any atom is 0.120 e. The standard InChI is InChI=1S/C18H15BrNSi/c1-21(16-8-3-2-4-9-16)17-10-11-18(20-13-17)14-6-5-7-15(19)12-14/h2-13H,1H3. The normalized spacial score (nSPS) is 10.8. The third kappa shape index (κ3) is 3.31. The molecule has 0 aliphatic carbocycles. The fourth-order valence-corrected chi connectivity index (χ4v) is 4.31. The number of benzene rings is 2. The van der Waals surface area contributed by atoms with Crippen LogP contribution in [0.4, 0.5) is 0 Å². The van der Waals surface area contributed by atoms with Crippen LogP contribution in [0.5, 0.6) is 0 Å². The largest absolute Gasteiger partial charge is 0.256 e. The van der Waals surface area contributed by atoms with Crippen molar-refractivity contribution < 1.29 is 0 Å². The molecule has 0 aliphatic rings. The van der Waals surface area contributed by atoms with E-state index in [-0.39, 0.29) is 0 Å². The summed E-state index contributed by atoms with van der Waals surface area (Å²) in [5, 5.41) is 2.75. The first-order valence-electron chi connectivity index (χ1n) is 6.85. The van der Waals surface area contributed by atoms with E-state index in [9.17, 15) is 0 Å². The number of pyridine rings is 1. The second kappa shape index (κ2) is 6.37. The molecule has 3 heteroatoms. The van der Waals surface area contributed by atoms with Gasteiger partial charge in [-0.2, -0.15) is 0 Å². The monoisotopic (exact) mass is 352 g/mol. The molecular weight excluding hydrogens is 338 g/mol. The molecule has 1 radical (unpaired) electrons. The lowest BCUT2D eigenvalue weighted by atomic mass is 10.1. The number of hydrogen-bond acceptors (Lipinski definition) is 1. The lowest BCUT2D eigenvalue weighted by Crippen LogP contribution is -2.39. The van der Waals surface area contributed by atoms with Crippen molar-refractivity contribution in [1.29, 1.82) is 0 Å². The van der Waals surface area contributed by atoms with Gasteiger partial charge in [0.25, 0.3) is 0 Å². The first-order valence-corrected chi connectivity index (χ1v) is 9.65. The minimum Gasteiger partial charge on any atom is -0.256 e. The molecule has 2 aromatic carbocycles. The molecule has 0 atom stereocenters. The van der Waals surface area contributed by atoms with E-state index < -0.39 is 8.80 Å². The number of halogens is 1. The van der Waals surface area contributed by atoms with Crippen molar-refractivity contribution in [3.8, 4) is 11.3 Å². The van der Waals surface area contributed by atoms with E-state index in [1.165, 1.54) is 10.4 Å². The van der Waals surface area contributed by atoms with E-state index in [1.807, 2.05) is 18.3 Å². The predicted molar refractivity (Wildman–Crippen MR) is 94.7 cm³/mol. The zero-order valence-corrected chi connectivity index (χ0v) is 14.3. The van der Waals surface area contributed by atoms with Gasteiger partial charge in [0, 0.05) is 16.2 Å². The number of aromatic nitrogens is 1. The van der Waals surface area contributed by atoms with Crippen LogP contribution >= 0.6 is 15.9 Å². The molecule has 0 saturated heterocycles. The molecule has 1 aromatic heterocycles. The molecule has 0 amide bonds. The van der Waals surface area contributed by atoms with E-state index in [0.29, 0.717) is 0 Å². The van der Waals surface area contributed by atoms with E-state index in [4.69, 9.17) is 0 Å². The van der Waals surface area contributed by atoms with Crippen molar-refractivity contribution in [1.82, 2.24) is 4.98 Å². The third-order valence-corrected chi connectivity index (χ3v) is 6.38. The average molecular weight is 353 g/mol. The van der Waals surface area contributed by atoms with E-state index in [0.717, 1.165) is 15.7 Å². The van der Waals surface area contributed by atoms with Gasteiger partial charge in [0.1, 0.15) is 8.80 Å². The Labute approximate surface area is 135 Å². The van der Waals surface area contributed by atoms with Crippen molar-refractivity contribution in [2.75, 3.05) is 0 Å². The van der Waals surface area contributed by atoms with Gasteiger partial charge >= 0.3 is 0 Å². The summed E-state index contributed by atoms with van der Waals surface area (Å²) in [6, 6.07) is 23.3. The Morgan fingerprint density at radius 2 is 1.67 bits per heavy atom. The van der Waals surface area contributed by atoms with Crippen molar-refractivity contribution in [2.24, 2.45) is 0 Å². The van der Waals surface area contributed by atoms with Crippen LogP contribution in [0.1, 0.15) is 0 Å². The zero-order valence-electron chi connectivity index (χ0n) is 11.8. The lowest BCUT2D eigenvalue weighted by Gasteiger charge is -2.10. The van der Waals surface area contributed by atoms with Crippen molar-refractivity contribution in [3.05, 3.63) is 77.4 Å². The Morgan fingerprint density at radius 1 is 0.857 bits per heavy atom. The van der Waals surface area contributed by atoms with Crippen molar-refractivity contribution in [2.45, 2.75) is 6.55 Å². The number of nitrogens with zero attached hydrogens (tertiary/aromatic N) is 1. The molecular formula is C18H15BrNSi. The minimum absolute atomic E-state index is 0.722. The van der Waals surface area contributed by atoms with Crippen LogP contribution in [-0.4, -0.2) is 13.8 Å². The van der Waals surface area contributed by atoms with E-state index in [2.05, 4.69) is 82.1 Å². The van der Waals surface area contributed by atoms with Gasteiger partial charge < -0.3 is 0 Å². The van der Waals surface area contributed by atoms with Crippen LogP contribution in [0.3, 0.4) is 0 Å². The van der Waals surface area contributed by atoms with Gasteiger partial charge in [-0.25, -0.2) is 0 Å². The lowest BCUT2D eigenvalue weighted by molar-refractivity contribution is 1.34. The molecule has 1 nitrogen and oxygen atoms in total. The molecule has 0 spiro atoms. The second-order valence-electron chi connectivity index (χ2n) is 4.93. The first-order chi connectivity index (χ1) is 10.2. The van der Waals surface area contributed by atoms with Crippen LogP contribution < -0.4 is 10.4 Å². The maximum atomic E-state index is 4.64. The SMILES string of the molecule is C[Si](c1ccccc1)c1ccc(-c2cccc(Br)c2)nc1. The molecule has 0 saturated carbocycles. The van der Waals surface area contributed by atoms with Gasteiger partial charge in [-0.1, -0.05) is 76.2 Å². The third-order valence-electron chi connectivity index (χ3n) is 3.52. The summed E-state index contributed by atoms with van der Waals surface area (Å²) >= 11 is 3.50. The Hall–Kier alpha value is -1.71. The molecule has 3 rings (SSSR count). The molecule has 0 N–H and O–H groups in total. The fraction of sp³-hybridized carbons (Fsp3) is 0.0556. The topological polar surface area (TPSA) is 12.9 Å². The van der Waals surface area contributed by atoms with Crippen LogP contribution in [0.15, 0.2) is 77.4 Å². The highest BCUT2D eigenvalue weighted by molar-refractivity contribution is 9.10. The summed E-state index contributed by atoms with van der Waals surface area (Å²) in [7, 11) is -0.722. The number of hydrogen-bond donors (Lipinski definition) is 0. The fourth-order valence-electron chi connectivity index (χ4n) is 2.29. The average Bonchev–Trinajstić information content (AvgIpc) is 2.55. The zero-order chi connectivity index (χ0) is 14.7. The molecule has 3 aromatic rings. The Morgan fingerprint density at radius 3 is 2.33 bits per heavy atom. The van der Waals surface area contributed by atoms with Crippen molar-refractivity contribution >= 4 is 35.1 Å². The van der Waals surface area contributed by atoms with Gasteiger partial charge in [-0.05, 0) is 23.4 Å². The molecule has 21 heavy (non-hydrogen) atoms. The minimum atomic E-state index is -0.722. The smallest absolute Gasteiger partial charge is 0.120 e. The summed E-state index contributed by atoms with van der Waals surface area (Å²) in [4.78, 5) is 4.64. The molecule has 0 aliphatic heterocycles. The Balaban J connectivity index is 1.88. The summed E-state index contributed by atoms with van der Waals surface area (Å²) in [5.41, 5.74) is 2.16. The Kier molecular flexibility index (Phi) is 4.32. The predicted octanol–water partition coefficient (Wildman–Crippen LogP) is 3.75. The van der Waals surface area contributed by atoms with Gasteiger partial charge in [-0.15, -0.1) is 0 Å². The van der Waals surface area contributed by atoms with Crippen molar-refractivity contribution in [3.63, 3.8) is 0 Å².